The van der Waals surface area contributed by atoms with Crippen LogP contribution in [0.15, 0.2) is 177 Å². The van der Waals surface area contributed by atoms with E-state index in [0.717, 1.165) is 33.1 Å². The molecule has 0 atom stereocenters. The van der Waals surface area contributed by atoms with E-state index in [9.17, 15) is 38.4 Å². The lowest BCUT2D eigenvalue weighted by Gasteiger charge is -2.31. The average Bonchev–Trinajstić information content (AvgIpc) is 3.38. The van der Waals surface area contributed by atoms with Crippen LogP contribution in [0.1, 0.15) is 41.3 Å². The zero-order valence-electron chi connectivity index (χ0n) is 40.9. The van der Waals surface area contributed by atoms with Crippen LogP contribution < -0.4 is 51.2 Å². The van der Waals surface area contributed by atoms with Gasteiger partial charge in [-0.15, -0.1) is 0 Å². The molecule has 8 aromatic rings. The number of hydrogen-bond donors (Lipinski definition) is 14. The van der Waals surface area contributed by atoms with E-state index in [4.69, 9.17) is 74.2 Å². The van der Waals surface area contributed by atoms with Crippen LogP contribution in [-0.4, -0.2) is 45.8 Å². The number of nitrogens with one attached hydrogen (secondary N) is 1. The first-order valence-electron chi connectivity index (χ1n) is 22.6. The second kappa shape index (κ2) is 26.3. The van der Waals surface area contributed by atoms with Crippen LogP contribution in [0, 0.1) is 0 Å². The second-order valence-corrected chi connectivity index (χ2v) is 22.0. The molecule has 8 aromatic carbocycles. The molecule has 0 aliphatic carbocycles. The van der Waals surface area contributed by atoms with Crippen LogP contribution in [0.3, 0.4) is 0 Å². The highest BCUT2D eigenvalue weighted by Gasteiger charge is 2.31. The highest BCUT2D eigenvalue weighted by Crippen LogP contribution is 2.44. The lowest BCUT2D eigenvalue weighted by Crippen LogP contribution is -2.25. The van der Waals surface area contributed by atoms with Crippen molar-refractivity contribution >= 4 is 118 Å². The Hall–Kier alpha value is -8.47. The van der Waals surface area contributed by atoms with E-state index in [1.54, 1.807) is 84.9 Å². The van der Waals surface area contributed by atoms with E-state index in [0.29, 0.717) is 50.5 Å². The Labute approximate surface area is 461 Å². The summed E-state index contributed by atoms with van der Waals surface area (Å²) in [6, 6.07) is 41.4. The van der Waals surface area contributed by atoms with Crippen molar-refractivity contribution in [2.24, 2.45) is 0 Å². The summed E-state index contributed by atoms with van der Waals surface area (Å²) in [5.41, 5.74) is 50.5. The minimum atomic E-state index is -3.80. The summed E-state index contributed by atoms with van der Waals surface area (Å²) in [4.78, 5) is 24.6. The normalized spacial score (nSPS) is 10.8. The number of benzene rings is 8. The van der Waals surface area contributed by atoms with Gasteiger partial charge >= 0.3 is 5.97 Å². The number of aromatic hydroxyl groups is 4. The lowest BCUT2D eigenvalue weighted by atomic mass is 9.72. The van der Waals surface area contributed by atoms with Crippen molar-refractivity contribution in [3.8, 4) is 23.0 Å². The molecule has 0 spiro atoms. The van der Waals surface area contributed by atoms with Gasteiger partial charge in [0.15, 0.2) is 0 Å². The third kappa shape index (κ3) is 16.5. The molecular formula is C54H55Cl2N9O9S3. The largest absolute Gasteiger partial charge is 0.506 e. The Balaban J connectivity index is 0.000000191. The van der Waals surface area contributed by atoms with Gasteiger partial charge in [0.25, 0.3) is 5.91 Å². The number of carboxylic acids is 1. The maximum Gasteiger partial charge on any atom is 0.303 e. The van der Waals surface area contributed by atoms with Crippen molar-refractivity contribution in [3.63, 3.8) is 0 Å². The molecule has 18 nitrogen and oxygen atoms in total. The first kappa shape index (κ1) is 59.4. The number of rotatable bonds is 12. The summed E-state index contributed by atoms with van der Waals surface area (Å²) in [6.45, 7) is 1.88. The van der Waals surface area contributed by atoms with Crippen molar-refractivity contribution < 1.29 is 43.5 Å². The van der Waals surface area contributed by atoms with Gasteiger partial charge in [0.2, 0.25) is 9.84 Å². The zero-order chi connectivity index (χ0) is 56.8. The van der Waals surface area contributed by atoms with Crippen LogP contribution >= 0.6 is 44.8 Å². The molecule has 22 N–H and O–H groups in total. The molecule has 8 rings (SSSR count). The van der Waals surface area contributed by atoms with E-state index in [1.807, 2.05) is 31.2 Å². The number of phenols is 4. The average molecular weight is 1140 g/mol. The van der Waals surface area contributed by atoms with E-state index in [-0.39, 0.29) is 67.9 Å². The molecule has 1 amide bonds. The number of phenolic OH excluding ortho intramolecular Hbond substituents is 4. The molecule has 0 bridgehead atoms. The SMILES string of the molecule is CC(CCC(=O)O)(c1ccc(O)c(N)c1)c1ccc(O)c(N)c1.Nc1cc(Cl)ccc1SSc1ccc(Cl)cc1N.Nc1cc(S(=O)(=O)c2ccc(O)c(N)c2)ccc1O.Nc1ccc(NC(=O)c2ccc(N)cc2)cc1. The number of halogens is 2. The number of aliphatic carboxylic acids is 1. The maximum absolute atomic E-state index is 12.3. The smallest absolute Gasteiger partial charge is 0.303 e. The summed E-state index contributed by atoms with van der Waals surface area (Å²) in [7, 11) is -0.722. The van der Waals surface area contributed by atoms with Gasteiger partial charge in [-0.1, -0.05) is 63.8 Å². The minimum absolute atomic E-state index is 0.0282. The molecule has 0 fully saturated rings. The van der Waals surface area contributed by atoms with Crippen LogP contribution in [0.25, 0.3) is 0 Å². The molecule has 0 aromatic heterocycles. The molecule has 77 heavy (non-hydrogen) atoms. The van der Waals surface area contributed by atoms with Crippen molar-refractivity contribution in [1.82, 2.24) is 0 Å². The number of nitrogens with two attached hydrogens (primary N) is 8. The minimum Gasteiger partial charge on any atom is -0.506 e. The number of amides is 1. The van der Waals surface area contributed by atoms with Gasteiger partial charge in [-0.05, 0) is 163 Å². The molecule has 0 unspecified atom stereocenters. The number of nitrogen functional groups attached to an aromatic ring is 8. The number of sulfone groups is 1. The molecule has 0 aliphatic heterocycles. The Morgan fingerprint density at radius 3 is 1.25 bits per heavy atom. The highest BCUT2D eigenvalue weighted by atomic mass is 35.5. The van der Waals surface area contributed by atoms with Gasteiger partial charge in [-0.3, -0.25) is 9.59 Å². The van der Waals surface area contributed by atoms with Crippen molar-refractivity contribution in [2.75, 3.05) is 51.2 Å². The van der Waals surface area contributed by atoms with E-state index < -0.39 is 21.2 Å². The van der Waals surface area contributed by atoms with Crippen molar-refractivity contribution in [1.29, 1.82) is 0 Å². The number of carbonyl (C=O) groups excluding carboxylic acids is 1. The highest BCUT2D eigenvalue weighted by molar-refractivity contribution is 8.76. The Kier molecular flexibility index (Phi) is 20.3. The molecule has 402 valence electrons. The van der Waals surface area contributed by atoms with E-state index in [1.165, 1.54) is 58.0 Å². The number of carboxylic acid groups (broad SMARTS) is 1. The molecule has 0 aliphatic rings. The molecule has 0 heterocycles. The lowest BCUT2D eigenvalue weighted by molar-refractivity contribution is -0.137. The first-order chi connectivity index (χ1) is 36.3. The predicted octanol–water partition coefficient (Wildman–Crippen LogP) is 10.6. The van der Waals surface area contributed by atoms with Crippen LogP contribution in [0.4, 0.5) is 51.2 Å². The fourth-order valence-corrected chi connectivity index (χ4v) is 10.7. The molecule has 0 saturated heterocycles. The van der Waals surface area contributed by atoms with Gasteiger partial charge in [-0.2, -0.15) is 0 Å². The Morgan fingerprint density at radius 1 is 0.506 bits per heavy atom. The van der Waals surface area contributed by atoms with Crippen LogP contribution in [0.5, 0.6) is 23.0 Å². The summed E-state index contributed by atoms with van der Waals surface area (Å²) in [5.74, 6) is -1.52. The third-order valence-electron chi connectivity index (χ3n) is 11.3. The van der Waals surface area contributed by atoms with Gasteiger partial charge < -0.3 is 76.7 Å². The van der Waals surface area contributed by atoms with Gasteiger partial charge in [0.1, 0.15) is 23.0 Å². The van der Waals surface area contributed by atoms with Gasteiger partial charge in [-0.25, -0.2) is 8.42 Å². The number of carbonyl (C=O) groups is 2. The Morgan fingerprint density at radius 2 is 0.883 bits per heavy atom. The van der Waals surface area contributed by atoms with E-state index in [2.05, 4.69) is 5.32 Å². The standard InChI is InChI=1S/C17H20N2O4.C13H13N3O.C12H10Cl2N2S2.C12H12N2O4S/c1-17(7-6-16(22)23,10-2-4-14(20)12(18)8-10)11-3-5-15(21)13(19)9-11;14-10-3-1-9(2-4-10)13(17)16-12-7-5-11(15)6-8-12;13-7-1-3-11(9(15)5-7)17-18-12-4-2-8(14)6-10(12)16;13-9-5-7(1-3-11(9)15)19(17,18)8-2-4-12(16)10(14)6-8/h2-5,8-9,20-21H,6-7,18-19H2,1H3,(H,22,23);1-8H,14-15H2,(H,16,17);1-6H,15-16H2;1-6,15-16H,13-14H2. The molecule has 0 saturated carbocycles. The summed E-state index contributed by atoms with van der Waals surface area (Å²) in [5, 5.41) is 50.9. The van der Waals surface area contributed by atoms with Gasteiger partial charge in [0.05, 0.1) is 32.5 Å². The quantitative estimate of drug-likeness (QED) is 0.0307. The monoisotopic (exact) mass is 1140 g/mol. The van der Waals surface area contributed by atoms with Crippen LogP contribution in [0.2, 0.25) is 10.0 Å². The Bertz CT molecular complexity index is 3350. The molecule has 0 radical (unpaired) electrons. The second-order valence-electron chi connectivity index (χ2n) is 16.9. The first-order valence-corrected chi connectivity index (χ1v) is 26.9. The van der Waals surface area contributed by atoms with E-state index >= 15 is 0 Å². The summed E-state index contributed by atoms with van der Waals surface area (Å²) >= 11 is 11.7. The third-order valence-corrected chi connectivity index (χ3v) is 16.0. The number of anilines is 9. The van der Waals surface area contributed by atoms with Gasteiger partial charge in [0, 0.05) is 65.7 Å². The molecular weight excluding hydrogens is 1090 g/mol. The fourth-order valence-electron chi connectivity index (χ4n) is 6.83. The number of hydrogen-bond acceptors (Lipinski definition) is 18. The fraction of sp³-hybridized carbons (Fsp3) is 0.0741. The van der Waals surface area contributed by atoms with Crippen LogP contribution in [-0.2, 0) is 20.0 Å². The summed E-state index contributed by atoms with van der Waals surface area (Å²) in [6.07, 6.45) is 0.273. The molecule has 23 heteroatoms. The predicted molar refractivity (Wildman–Crippen MR) is 312 cm³/mol. The topological polar surface area (TPSA) is 390 Å². The maximum atomic E-state index is 12.3. The zero-order valence-corrected chi connectivity index (χ0v) is 44.9. The van der Waals surface area contributed by atoms with Crippen molar-refractivity contribution in [2.45, 2.75) is 44.8 Å². The summed E-state index contributed by atoms with van der Waals surface area (Å²) < 4.78 is 24.6. The van der Waals surface area contributed by atoms with Crippen molar-refractivity contribution in [3.05, 3.63) is 184 Å².